The van der Waals surface area contributed by atoms with E-state index in [4.69, 9.17) is 0 Å². The molecule has 2 rings (SSSR count). The second-order valence-electron chi connectivity index (χ2n) is 5.52. The predicted octanol–water partition coefficient (Wildman–Crippen LogP) is 0.738. The summed E-state index contributed by atoms with van der Waals surface area (Å²) in [6.45, 7) is 4.76. The summed E-state index contributed by atoms with van der Waals surface area (Å²) in [6.07, 6.45) is 4.60. The molecule has 1 saturated heterocycles. The third-order valence-corrected chi connectivity index (χ3v) is 3.86. The number of hydrogen-bond acceptors (Lipinski definition) is 5. The lowest BCUT2D eigenvalue weighted by Gasteiger charge is -2.29. The molecule has 0 saturated carbocycles. The fourth-order valence-corrected chi connectivity index (χ4v) is 2.57. The minimum Gasteiger partial charge on any atom is -0.464 e. The summed E-state index contributed by atoms with van der Waals surface area (Å²) in [4.78, 5) is 16.6. The third-order valence-electron chi connectivity index (χ3n) is 3.86. The minimum absolute atomic E-state index is 0.100. The number of methoxy groups -OCH3 is 1. The number of aromatic amines is 1. The maximum atomic E-state index is 11.3. The molecule has 0 amide bonds. The number of H-pyrrole nitrogens is 1. The lowest BCUT2D eigenvalue weighted by atomic mass is 10.1. The Labute approximate surface area is 125 Å². The van der Waals surface area contributed by atoms with E-state index in [2.05, 4.69) is 19.9 Å². The molecular formula is C15H25N3O3. The molecule has 0 spiro atoms. The van der Waals surface area contributed by atoms with Crippen molar-refractivity contribution in [3.8, 4) is 0 Å². The maximum Gasteiger partial charge on any atom is 0.354 e. The van der Waals surface area contributed by atoms with Gasteiger partial charge >= 0.3 is 5.97 Å². The van der Waals surface area contributed by atoms with Gasteiger partial charge in [-0.05, 0) is 44.0 Å². The fraction of sp³-hybridized carbons (Fsp3) is 0.667. The Morgan fingerprint density at radius 2 is 2.29 bits per heavy atom. The SMILES string of the molecule is COC(=O)c1cc(CNCCCN2CCC(O)CC2)c[nH]1. The van der Waals surface area contributed by atoms with E-state index in [9.17, 15) is 9.90 Å². The Morgan fingerprint density at radius 1 is 1.52 bits per heavy atom. The normalized spacial score (nSPS) is 17.0. The number of rotatable bonds is 7. The van der Waals surface area contributed by atoms with Gasteiger partial charge in [-0.1, -0.05) is 0 Å². The number of hydrogen-bond donors (Lipinski definition) is 3. The average Bonchev–Trinajstić information content (AvgIpc) is 2.97. The largest absolute Gasteiger partial charge is 0.464 e. The number of carbonyl (C=O) groups excluding carboxylic acids is 1. The number of aliphatic hydroxyl groups excluding tert-OH is 1. The average molecular weight is 295 g/mol. The molecule has 21 heavy (non-hydrogen) atoms. The van der Waals surface area contributed by atoms with Crippen molar-refractivity contribution in [1.29, 1.82) is 0 Å². The number of carbonyl (C=O) groups is 1. The number of likely N-dealkylation sites (tertiary alicyclic amines) is 1. The molecule has 6 heteroatoms. The molecule has 1 fully saturated rings. The Kier molecular flexibility index (Phi) is 6.22. The van der Waals surface area contributed by atoms with Gasteiger partial charge in [0.15, 0.2) is 0 Å². The van der Waals surface area contributed by atoms with Crippen LogP contribution in [0.15, 0.2) is 12.3 Å². The Morgan fingerprint density at radius 3 is 3.00 bits per heavy atom. The summed E-state index contributed by atoms with van der Waals surface area (Å²) >= 11 is 0. The van der Waals surface area contributed by atoms with E-state index in [1.807, 2.05) is 12.3 Å². The number of aromatic nitrogens is 1. The van der Waals surface area contributed by atoms with E-state index in [1.54, 1.807) is 0 Å². The highest BCUT2D eigenvalue weighted by Crippen LogP contribution is 2.09. The zero-order valence-corrected chi connectivity index (χ0v) is 12.6. The van der Waals surface area contributed by atoms with Gasteiger partial charge in [0.1, 0.15) is 5.69 Å². The van der Waals surface area contributed by atoms with Crippen molar-refractivity contribution in [3.63, 3.8) is 0 Å². The maximum absolute atomic E-state index is 11.3. The molecule has 0 atom stereocenters. The molecule has 0 aliphatic carbocycles. The molecule has 0 radical (unpaired) electrons. The summed E-state index contributed by atoms with van der Waals surface area (Å²) in [7, 11) is 1.38. The standard InChI is InChI=1S/C15H25N3O3/c1-21-15(20)14-9-12(11-17-14)10-16-5-2-6-18-7-3-13(19)4-8-18/h9,11,13,16-17,19H,2-8,10H2,1H3. The number of aliphatic hydroxyl groups is 1. The van der Waals surface area contributed by atoms with Gasteiger partial charge in [-0.25, -0.2) is 4.79 Å². The van der Waals surface area contributed by atoms with Crippen LogP contribution in [0.1, 0.15) is 35.3 Å². The van der Waals surface area contributed by atoms with Crippen LogP contribution in [0.3, 0.4) is 0 Å². The Bertz CT molecular complexity index is 439. The highest BCUT2D eigenvalue weighted by molar-refractivity contribution is 5.87. The molecule has 3 N–H and O–H groups in total. The van der Waals surface area contributed by atoms with Gasteiger partial charge in [0.25, 0.3) is 0 Å². The van der Waals surface area contributed by atoms with Gasteiger partial charge in [0, 0.05) is 25.8 Å². The first-order valence-corrected chi connectivity index (χ1v) is 7.56. The lowest BCUT2D eigenvalue weighted by Crippen LogP contribution is -2.37. The Balaban J connectivity index is 1.57. The van der Waals surface area contributed by atoms with Gasteiger partial charge in [0.2, 0.25) is 0 Å². The highest BCUT2D eigenvalue weighted by Gasteiger charge is 2.15. The number of piperidine rings is 1. The summed E-state index contributed by atoms with van der Waals surface area (Å²) in [5.41, 5.74) is 1.54. The summed E-state index contributed by atoms with van der Waals surface area (Å²) in [5, 5.41) is 12.8. The second-order valence-corrected chi connectivity index (χ2v) is 5.52. The van der Waals surface area contributed by atoms with Crippen molar-refractivity contribution < 1.29 is 14.6 Å². The smallest absolute Gasteiger partial charge is 0.354 e. The molecule has 0 bridgehead atoms. The highest BCUT2D eigenvalue weighted by atomic mass is 16.5. The van der Waals surface area contributed by atoms with Crippen LogP contribution in [0, 0.1) is 0 Å². The van der Waals surface area contributed by atoms with E-state index in [-0.39, 0.29) is 12.1 Å². The van der Waals surface area contributed by atoms with Crippen molar-refractivity contribution >= 4 is 5.97 Å². The molecule has 1 aliphatic rings. The first-order chi connectivity index (χ1) is 10.2. The van der Waals surface area contributed by atoms with Crippen LogP contribution in [0.2, 0.25) is 0 Å². The van der Waals surface area contributed by atoms with E-state index < -0.39 is 0 Å². The molecule has 118 valence electrons. The first-order valence-electron chi connectivity index (χ1n) is 7.56. The van der Waals surface area contributed by atoms with Crippen LogP contribution in [0.4, 0.5) is 0 Å². The van der Waals surface area contributed by atoms with Gasteiger partial charge in [-0.2, -0.15) is 0 Å². The zero-order chi connectivity index (χ0) is 15.1. The van der Waals surface area contributed by atoms with Gasteiger partial charge in [-0.3, -0.25) is 0 Å². The van der Waals surface area contributed by atoms with Crippen molar-refractivity contribution in [3.05, 3.63) is 23.5 Å². The zero-order valence-electron chi connectivity index (χ0n) is 12.6. The minimum atomic E-state index is -0.339. The van der Waals surface area contributed by atoms with Crippen molar-refractivity contribution in [2.24, 2.45) is 0 Å². The number of nitrogens with one attached hydrogen (secondary N) is 2. The van der Waals surface area contributed by atoms with Crippen LogP contribution >= 0.6 is 0 Å². The third kappa shape index (κ3) is 5.15. The Hall–Kier alpha value is -1.37. The van der Waals surface area contributed by atoms with E-state index in [1.165, 1.54) is 7.11 Å². The van der Waals surface area contributed by atoms with E-state index in [0.29, 0.717) is 5.69 Å². The summed E-state index contributed by atoms with van der Waals surface area (Å²) in [5.74, 6) is -0.339. The monoisotopic (exact) mass is 295 g/mol. The topological polar surface area (TPSA) is 77.6 Å². The van der Waals surface area contributed by atoms with Crippen molar-refractivity contribution in [2.75, 3.05) is 33.3 Å². The van der Waals surface area contributed by atoms with Crippen LogP contribution < -0.4 is 5.32 Å². The van der Waals surface area contributed by atoms with Gasteiger partial charge < -0.3 is 25.0 Å². The van der Waals surface area contributed by atoms with Crippen LogP contribution in [-0.2, 0) is 11.3 Å². The van der Waals surface area contributed by atoms with Crippen molar-refractivity contribution in [1.82, 2.24) is 15.2 Å². The first kappa shape index (κ1) is 16.0. The van der Waals surface area contributed by atoms with Crippen molar-refractivity contribution in [2.45, 2.75) is 31.9 Å². The fourth-order valence-electron chi connectivity index (χ4n) is 2.57. The van der Waals surface area contributed by atoms with E-state index in [0.717, 1.165) is 57.5 Å². The quantitative estimate of drug-likeness (QED) is 0.511. The van der Waals surface area contributed by atoms with Crippen LogP contribution in [0.5, 0.6) is 0 Å². The molecular weight excluding hydrogens is 270 g/mol. The molecule has 6 nitrogen and oxygen atoms in total. The number of ether oxygens (including phenoxy) is 1. The van der Waals surface area contributed by atoms with Crippen LogP contribution in [-0.4, -0.2) is 60.4 Å². The number of nitrogens with zero attached hydrogens (tertiary/aromatic N) is 1. The summed E-state index contributed by atoms with van der Waals surface area (Å²) < 4.78 is 4.65. The molecule has 0 unspecified atom stereocenters. The van der Waals surface area contributed by atoms with Crippen LogP contribution in [0.25, 0.3) is 0 Å². The molecule has 1 aliphatic heterocycles. The summed E-state index contributed by atoms with van der Waals surface area (Å²) in [6, 6.07) is 1.81. The molecule has 1 aromatic rings. The number of esters is 1. The van der Waals surface area contributed by atoms with Gasteiger partial charge in [-0.15, -0.1) is 0 Å². The lowest BCUT2D eigenvalue weighted by molar-refractivity contribution is 0.0594. The molecule has 0 aromatic carbocycles. The van der Waals surface area contributed by atoms with Gasteiger partial charge in [0.05, 0.1) is 13.2 Å². The predicted molar refractivity (Wildman–Crippen MR) is 80.1 cm³/mol. The van der Waals surface area contributed by atoms with E-state index >= 15 is 0 Å². The molecule has 1 aromatic heterocycles. The second kappa shape index (κ2) is 8.17. The molecule has 2 heterocycles.